The van der Waals surface area contributed by atoms with E-state index in [-0.39, 0.29) is 0 Å². The fourth-order valence-electron chi connectivity index (χ4n) is 2.30. The van der Waals surface area contributed by atoms with E-state index < -0.39 is 8.56 Å². The second-order valence-electron chi connectivity index (χ2n) is 5.18. The molecule has 0 N–H and O–H groups in total. The second kappa shape index (κ2) is 10.8. The normalized spacial score (nSPS) is 13.6. The number of rotatable bonds is 12. The molecule has 2 nitrogen and oxygen atoms in total. The molecule has 0 bridgehead atoms. The third-order valence-corrected chi connectivity index (χ3v) is 7.38. The molecule has 1 unspecified atom stereocenters. The average Bonchev–Trinajstić information content (AvgIpc) is 2.41. The van der Waals surface area contributed by atoms with Crippen molar-refractivity contribution in [3.63, 3.8) is 0 Å². The van der Waals surface area contributed by atoms with Gasteiger partial charge in [0.1, 0.15) is 0 Å². The molecule has 0 heterocycles. The van der Waals surface area contributed by atoms with E-state index in [1.165, 1.54) is 44.9 Å². The summed E-state index contributed by atoms with van der Waals surface area (Å²) in [5.41, 5.74) is 0.406. The molecule has 0 radical (unpaired) electrons. The molecule has 3 heteroatoms. The highest BCUT2D eigenvalue weighted by Gasteiger charge is 2.36. The van der Waals surface area contributed by atoms with Crippen molar-refractivity contribution >= 4 is 8.56 Å². The minimum absolute atomic E-state index is 0.406. The summed E-state index contributed by atoms with van der Waals surface area (Å²) in [7, 11) is 1.50. The van der Waals surface area contributed by atoms with E-state index in [1.807, 2.05) is 6.08 Å². The van der Waals surface area contributed by atoms with Gasteiger partial charge in [-0.1, -0.05) is 57.9 Å². The van der Waals surface area contributed by atoms with Crippen molar-refractivity contribution in [3.8, 4) is 0 Å². The molecule has 0 saturated carbocycles. The highest BCUT2D eigenvalue weighted by molar-refractivity contribution is 6.68. The molecule has 0 aliphatic heterocycles. The van der Waals surface area contributed by atoms with Crippen molar-refractivity contribution in [2.75, 3.05) is 14.2 Å². The first-order chi connectivity index (χ1) is 8.64. The summed E-state index contributed by atoms with van der Waals surface area (Å²) in [5.74, 6) is 0. The minimum atomic E-state index is -2.03. The average molecular weight is 273 g/mol. The maximum Gasteiger partial charge on any atom is 0.341 e. The van der Waals surface area contributed by atoms with E-state index in [4.69, 9.17) is 8.85 Å². The summed E-state index contributed by atoms with van der Waals surface area (Å²) in [6, 6.07) is 0. The van der Waals surface area contributed by atoms with Crippen LogP contribution in [0, 0.1) is 0 Å². The maximum absolute atomic E-state index is 5.60. The molecule has 0 fully saturated rings. The first-order valence-corrected chi connectivity index (χ1v) is 9.76. The van der Waals surface area contributed by atoms with Crippen molar-refractivity contribution in [3.05, 3.63) is 12.7 Å². The van der Waals surface area contributed by atoms with Crippen molar-refractivity contribution < 1.29 is 8.85 Å². The van der Waals surface area contributed by atoms with Crippen LogP contribution in [0.2, 0.25) is 12.1 Å². The predicted octanol–water partition coefficient (Wildman–Crippen LogP) is 5.05. The van der Waals surface area contributed by atoms with Gasteiger partial charge in [0.15, 0.2) is 0 Å². The van der Waals surface area contributed by atoms with Crippen molar-refractivity contribution in [2.24, 2.45) is 0 Å². The molecule has 0 amide bonds. The zero-order chi connectivity index (χ0) is 13.9. The molecular weight excluding hydrogens is 240 g/mol. The van der Waals surface area contributed by atoms with E-state index in [2.05, 4.69) is 20.0 Å². The van der Waals surface area contributed by atoms with Crippen molar-refractivity contribution in [1.29, 1.82) is 0 Å². The first-order valence-electron chi connectivity index (χ1n) is 7.37. The Labute approximate surface area is 115 Å². The second-order valence-corrected chi connectivity index (χ2v) is 8.77. The molecule has 0 spiro atoms. The lowest BCUT2D eigenvalue weighted by atomic mass is 10.1. The Morgan fingerprint density at radius 3 is 1.94 bits per heavy atom. The molecule has 108 valence electrons. The van der Waals surface area contributed by atoms with Crippen LogP contribution >= 0.6 is 0 Å². The van der Waals surface area contributed by atoms with E-state index in [1.54, 1.807) is 14.2 Å². The molecule has 1 atom stereocenters. The van der Waals surface area contributed by atoms with Crippen LogP contribution in [-0.2, 0) is 8.85 Å². The van der Waals surface area contributed by atoms with E-state index in [0.717, 1.165) is 6.42 Å². The molecule has 0 aromatic rings. The van der Waals surface area contributed by atoms with E-state index in [0.29, 0.717) is 5.54 Å². The van der Waals surface area contributed by atoms with Gasteiger partial charge >= 0.3 is 8.56 Å². The van der Waals surface area contributed by atoms with Crippen molar-refractivity contribution in [1.82, 2.24) is 0 Å². The van der Waals surface area contributed by atoms with Gasteiger partial charge in [0.2, 0.25) is 0 Å². The summed E-state index contributed by atoms with van der Waals surface area (Å²) < 4.78 is 11.2. The predicted molar refractivity (Wildman–Crippen MR) is 82.2 cm³/mol. The van der Waals surface area contributed by atoms with Gasteiger partial charge in [-0.25, -0.2) is 0 Å². The first kappa shape index (κ1) is 17.9. The van der Waals surface area contributed by atoms with E-state index >= 15 is 0 Å². The highest BCUT2D eigenvalue weighted by atomic mass is 28.4. The van der Waals surface area contributed by atoms with Crippen LogP contribution < -0.4 is 0 Å². The fraction of sp³-hybridized carbons (Fsp3) is 0.867. The third-order valence-electron chi connectivity index (χ3n) is 3.89. The monoisotopic (exact) mass is 272 g/mol. The van der Waals surface area contributed by atoms with Crippen LogP contribution in [0.5, 0.6) is 0 Å². The fourth-order valence-corrected chi connectivity index (χ4v) is 4.23. The maximum atomic E-state index is 5.60. The van der Waals surface area contributed by atoms with Gasteiger partial charge in [-0.2, -0.15) is 0 Å². The number of hydrogen-bond donors (Lipinski definition) is 0. The zero-order valence-electron chi connectivity index (χ0n) is 12.8. The van der Waals surface area contributed by atoms with Crippen LogP contribution in [-0.4, -0.2) is 22.8 Å². The Balaban J connectivity index is 3.77. The number of allylic oxidation sites excluding steroid dienone is 1. The summed E-state index contributed by atoms with van der Waals surface area (Å²) in [6.45, 7) is 8.32. The summed E-state index contributed by atoms with van der Waals surface area (Å²) in [5, 5.41) is 0. The summed E-state index contributed by atoms with van der Waals surface area (Å²) in [6.07, 6.45) is 12.6. The van der Waals surface area contributed by atoms with Gasteiger partial charge in [-0.3, -0.25) is 0 Å². The molecule has 0 saturated heterocycles. The van der Waals surface area contributed by atoms with Crippen LogP contribution in [0.25, 0.3) is 0 Å². The molecule has 0 rings (SSSR count). The van der Waals surface area contributed by atoms with Crippen molar-refractivity contribution in [2.45, 2.75) is 70.4 Å². The van der Waals surface area contributed by atoms with Gasteiger partial charge in [0.05, 0.1) is 0 Å². The Kier molecular flexibility index (Phi) is 10.7. The number of hydrogen-bond acceptors (Lipinski definition) is 2. The lowest BCUT2D eigenvalue weighted by Crippen LogP contribution is -2.41. The quantitative estimate of drug-likeness (QED) is 0.281. The Morgan fingerprint density at radius 2 is 1.50 bits per heavy atom. The Hall–Kier alpha value is -0.123. The van der Waals surface area contributed by atoms with Crippen LogP contribution in [0.15, 0.2) is 12.7 Å². The molecule has 0 aromatic carbocycles. The SMILES string of the molecule is C=CC(CCCCCCCCC)[Si](C)(OC)OC. The standard InChI is InChI=1S/C15H32O2Si/c1-6-8-9-10-11-12-13-14-15(7-2)18(5,16-3)17-4/h7,15H,2,6,8-14H2,1,3-5H3. The summed E-state index contributed by atoms with van der Waals surface area (Å²) in [4.78, 5) is 0. The van der Waals surface area contributed by atoms with Crippen LogP contribution in [0.1, 0.15) is 58.3 Å². The highest BCUT2D eigenvalue weighted by Crippen LogP contribution is 2.30. The molecule has 0 aliphatic rings. The largest absolute Gasteiger partial charge is 0.397 e. The summed E-state index contributed by atoms with van der Waals surface area (Å²) >= 11 is 0. The van der Waals surface area contributed by atoms with Crippen LogP contribution in [0.3, 0.4) is 0 Å². The van der Waals surface area contributed by atoms with Crippen LogP contribution in [0.4, 0.5) is 0 Å². The smallest absolute Gasteiger partial charge is 0.341 e. The van der Waals surface area contributed by atoms with E-state index in [9.17, 15) is 0 Å². The van der Waals surface area contributed by atoms with Gasteiger partial charge in [-0.15, -0.1) is 6.58 Å². The van der Waals surface area contributed by atoms with Gasteiger partial charge in [0, 0.05) is 19.8 Å². The van der Waals surface area contributed by atoms with Gasteiger partial charge < -0.3 is 8.85 Å². The zero-order valence-corrected chi connectivity index (χ0v) is 13.8. The van der Waals surface area contributed by atoms with Gasteiger partial charge in [-0.05, 0) is 13.0 Å². The lowest BCUT2D eigenvalue weighted by molar-refractivity contribution is 0.239. The molecule has 0 aliphatic carbocycles. The van der Waals surface area contributed by atoms with Gasteiger partial charge in [0.25, 0.3) is 0 Å². The lowest BCUT2D eigenvalue weighted by Gasteiger charge is -2.29. The Morgan fingerprint density at radius 1 is 1.00 bits per heavy atom. The molecular formula is C15H32O2Si. The molecule has 18 heavy (non-hydrogen) atoms. The third kappa shape index (κ3) is 6.71. The number of unbranched alkanes of at least 4 members (excludes halogenated alkanes) is 6. The minimum Gasteiger partial charge on any atom is -0.397 e. The Bertz CT molecular complexity index is 203. The topological polar surface area (TPSA) is 18.5 Å². The molecule has 0 aromatic heterocycles.